The Labute approximate surface area is 185 Å². The van der Waals surface area contributed by atoms with Gasteiger partial charge in [0.05, 0.1) is 17.2 Å². The van der Waals surface area contributed by atoms with Gasteiger partial charge in [-0.2, -0.15) is 0 Å². The summed E-state index contributed by atoms with van der Waals surface area (Å²) in [6.07, 6.45) is 2.17. The molecule has 3 rings (SSSR count). The second-order valence-electron chi connectivity index (χ2n) is 7.98. The van der Waals surface area contributed by atoms with Crippen molar-refractivity contribution in [3.8, 4) is 0 Å². The largest absolute Gasteiger partial charge is 0.357 e. The van der Waals surface area contributed by atoms with Crippen LogP contribution in [-0.2, 0) is 19.5 Å². The first kappa shape index (κ1) is 22.7. The topological polar surface area (TPSA) is 55.8 Å². The fourth-order valence-electron chi connectivity index (χ4n) is 3.61. The van der Waals surface area contributed by atoms with Crippen molar-refractivity contribution >= 4 is 17.3 Å². The summed E-state index contributed by atoms with van der Waals surface area (Å²) < 4.78 is 0. The smallest absolute Gasteiger partial charge is 0.191 e. The lowest BCUT2D eigenvalue weighted by atomic mass is 10.1. The number of hydrogen-bond donors (Lipinski definition) is 2. The van der Waals surface area contributed by atoms with E-state index in [-0.39, 0.29) is 0 Å². The van der Waals surface area contributed by atoms with Gasteiger partial charge >= 0.3 is 0 Å². The number of aryl methyl sites for hydroxylation is 1. The lowest BCUT2D eigenvalue weighted by Crippen LogP contribution is -2.38. The van der Waals surface area contributed by atoms with E-state index in [9.17, 15) is 0 Å². The molecule has 0 radical (unpaired) electrons. The third kappa shape index (κ3) is 7.70. The number of likely N-dealkylation sites (N-methyl/N-ethyl adjacent to an activating group) is 1. The van der Waals surface area contributed by atoms with Crippen molar-refractivity contribution in [2.45, 2.75) is 39.8 Å². The number of guanidine groups is 1. The molecule has 1 aliphatic rings. The minimum atomic E-state index is 0.680. The van der Waals surface area contributed by atoms with Crippen molar-refractivity contribution in [1.29, 1.82) is 0 Å². The number of nitrogens with zero attached hydrogens (tertiary/aromatic N) is 4. The standard InChI is InChI=1S/C23H36N6S/c1-4-24-23(25-11-10-22-18-30-19(2)27-22)26-16-20-6-8-21(9-7-20)17-29-13-5-12-28(3)14-15-29/h6-9,18H,4-5,10-17H2,1-3H3,(H2,24,25,26). The molecule has 2 heterocycles. The summed E-state index contributed by atoms with van der Waals surface area (Å²) in [5.41, 5.74) is 3.77. The van der Waals surface area contributed by atoms with Crippen molar-refractivity contribution in [1.82, 2.24) is 25.4 Å². The van der Waals surface area contributed by atoms with Crippen LogP contribution in [0.5, 0.6) is 0 Å². The van der Waals surface area contributed by atoms with Gasteiger partial charge in [-0.15, -0.1) is 11.3 Å². The van der Waals surface area contributed by atoms with E-state index in [1.54, 1.807) is 11.3 Å². The Kier molecular flexibility index (Phi) is 9.11. The Morgan fingerprint density at radius 3 is 2.63 bits per heavy atom. The van der Waals surface area contributed by atoms with E-state index in [0.717, 1.165) is 55.8 Å². The van der Waals surface area contributed by atoms with E-state index in [2.05, 4.69) is 69.0 Å². The Morgan fingerprint density at radius 1 is 1.10 bits per heavy atom. The molecular formula is C23H36N6S. The van der Waals surface area contributed by atoms with Crippen LogP contribution in [0.4, 0.5) is 0 Å². The molecule has 1 aromatic carbocycles. The summed E-state index contributed by atoms with van der Waals surface area (Å²) in [6, 6.07) is 8.93. The molecule has 0 aliphatic carbocycles. The highest BCUT2D eigenvalue weighted by Crippen LogP contribution is 2.11. The predicted octanol–water partition coefficient (Wildman–Crippen LogP) is 2.89. The first-order chi connectivity index (χ1) is 14.6. The SMILES string of the molecule is CCNC(=NCc1ccc(CN2CCCN(C)CC2)cc1)NCCc1csc(C)n1. The van der Waals surface area contributed by atoms with Crippen molar-refractivity contribution < 1.29 is 0 Å². The van der Waals surface area contributed by atoms with Crippen LogP contribution in [0.3, 0.4) is 0 Å². The zero-order valence-electron chi connectivity index (χ0n) is 18.7. The summed E-state index contributed by atoms with van der Waals surface area (Å²) in [7, 11) is 2.22. The van der Waals surface area contributed by atoms with E-state index >= 15 is 0 Å². The number of thiazole rings is 1. The number of aliphatic imine (C=N–C) groups is 1. The van der Waals surface area contributed by atoms with E-state index < -0.39 is 0 Å². The summed E-state index contributed by atoms with van der Waals surface area (Å²) in [6.45, 7) is 12.3. The summed E-state index contributed by atoms with van der Waals surface area (Å²) >= 11 is 1.70. The molecule has 6 nitrogen and oxygen atoms in total. The summed E-state index contributed by atoms with van der Waals surface area (Å²) in [4.78, 5) is 14.3. The minimum absolute atomic E-state index is 0.680. The average Bonchev–Trinajstić information content (AvgIpc) is 3.04. The van der Waals surface area contributed by atoms with Crippen LogP contribution >= 0.6 is 11.3 Å². The maximum atomic E-state index is 4.75. The molecule has 30 heavy (non-hydrogen) atoms. The Morgan fingerprint density at radius 2 is 1.90 bits per heavy atom. The molecule has 1 aliphatic heterocycles. The maximum Gasteiger partial charge on any atom is 0.191 e. The fourth-order valence-corrected chi connectivity index (χ4v) is 4.26. The average molecular weight is 429 g/mol. The first-order valence-corrected chi connectivity index (χ1v) is 11.9. The lowest BCUT2D eigenvalue weighted by Gasteiger charge is -2.20. The molecular weight excluding hydrogens is 392 g/mol. The second kappa shape index (κ2) is 12.0. The molecule has 0 saturated carbocycles. The molecule has 2 aromatic rings. The first-order valence-electron chi connectivity index (χ1n) is 11.0. The maximum absolute atomic E-state index is 4.75. The number of aromatic nitrogens is 1. The van der Waals surface area contributed by atoms with Crippen LogP contribution in [0.1, 0.15) is 35.2 Å². The summed E-state index contributed by atoms with van der Waals surface area (Å²) in [5, 5.41) is 10.0. The van der Waals surface area contributed by atoms with Crippen molar-refractivity contribution in [3.63, 3.8) is 0 Å². The van der Waals surface area contributed by atoms with Gasteiger partial charge in [0.15, 0.2) is 5.96 Å². The predicted molar refractivity (Wildman–Crippen MR) is 127 cm³/mol. The molecule has 0 amide bonds. The molecule has 0 atom stereocenters. The molecule has 0 unspecified atom stereocenters. The number of hydrogen-bond acceptors (Lipinski definition) is 5. The number of rotatable bonds is 8. The van der Waals surface area contributed by atoms with Gasteiger partial charge in [-0.25, -0.2) is 9.98 Å². The third-order valence-electron chi connectivity index (χ3n) is 5.35. The van der Waals surface area contributed by atoms with E-state index in [1.165, 1.54) is 30.6 Å². The quantitative estimate of drug-likeness (QED) is 0.500. The number of nitrogens with one attached hydrogen (secondary N) is 2. The molecule has 2 N–H and O–H groups in total. The van der Waals surface area contributed by atoms with Gasteiger partial charge < -0.3 is 15.5 Å². The lowest BCUT2D eigenvalue weighted by molar-refractivity contribution is 0.269. The van der Waals surface area contributed by atoms with E-state index in [1.807, 2.05) is 6.92 Å². The van der Waals surface area contributed by atoms with Crippen molar-refractivity contribution in [2.24, 2.45) is 4.99 Å². The molecule has 7 heteroatoms. The zero-order chi connectivity index (χ0) is 21.2. The molecule has 1 aromatic heterocycles. The van der Waals surface area contributed by atoms with Crippen LogP contribution in [0.15, 0.2) is 34.6 Å². The zero-order valence-corrected chi connectivity index (χ0v) is 19.5. The Balaban J connectivity index is 1.47. The molecule has 0 bridgehead atoms. The fraction of sp³-hybridized carbons (Fsp3) is 0.565. The summed E-state index contributed by atoms with van der Waals surface area (Å²) in [5.74, 6) is 0.863. The molecule has 0 spiro atoms. The van der Waals surface area contributed by atoms with Gasteiger partial charge in [0.1, 0.15) is 0 Å². The van der Waals surface area contributed by atoms with Gasteiger partial charge in [-0.05, 0) is 51.5 Å². The molecule has 1 saturated heterocycles. The monoisotopic (exact) mass is 428 g/mol. The van der Waals surface area contributed by atoms with Crippen LogP contribution in [0.25, 0.3) is 0 Å². The number of benzene rings is 1. The van der Waals surface area contributed by atoms with Crippen LogP contribution < -0.4 is 10.6 Å². The van der Waals surface area contributed by atoms with Crippen molar-refractivity contribution in [2.75, 3.05) is 46.3 Å². The van der Waals surface area contributed by atoms with Crippen LogP contribution in [0.2, 0.25) is 0 Å². The van der Waals surface area contributed by atoms with Crippen molar-refractivity contribution in [3.05, 3.63) is 51.5 Å². The van der Waals surface area contributed by atoms with Gasteiger partial charge in [-0.3, -0.25) is 4.90 Å². The third-order valence-corrected chi connectivity index (χ3v) is 6.17. The second-order valence-corrected chi connectivity index (χ2v) is 9.04. The van der Waals surface area contributed by atoms with Crippen LogP contribution in [-0.4, -0.2) is 67.1 Å². The highest BCUT2D eigenvalue weighted by molar-refractivity contribution is 7.09. The van der Waals surface area contributed by atoms with Crippen LogP contribution in [0, 0.1) is 6.92 Å². The molecule has 164 valence electrons. The van der Waals surface area contributed by atoms with Gasteiger partial charge in [0.25, 0.3) is 0 Å². The Bertz CT molecular complexity index is 785. The highest BCUT2D eigenvalue weighted by Gasteiger charge is 2.12. The van der Waals surface area contributed by atoms with E-state index in [4.69, 9.17) is 4.99 Å². The Hall–Kier alpha value is -1.96. The molecule has 1 fully saturated rings. The van der Waals surface area contributed by atoms with Gasteiger partial charge in [0, 0.05) is 44.5 Å². The highest BCUT2D eigenvalue weighted by atomic mass is 32.1. The van der Waals surface area contributed by atoms with Gasteiger partial charge in [-0.1, -0.05) is 24.3 Å². The minimum Gasteiger partial charge on any atom is -0.357 e. The normalized spacial score (nSPS) is 16.4. The van der Waals surface area contributed by atoms with Gasteiger partial charge in [0.2, 0.25) is 0 Å². The van der Waals surface area contributed by atoms with E-state index in [0.29, 0.717) is 6.54 Å².